The maximum Gasteiger partial charge on any atom is 0.410 e. The highest BCUT2D eigenvalue weighted by molar-refractivity contribution is 7.90. The number of aryl methyl sites for hydroxylation is 1. The average Bonchev–Trinajstić information content (AvgIpc) is 3.44. The van der Waals surface area contributed by atoms with E-state index in [9.17, 15) is 18.0 Å². The quantitative estimate of drug-likeness (QED) is 0.479. The van der Waals surface area contributed by atoms with Gasteiger partial charge in [-0.15, -0.1) is 0 Å². The lowest BCUT2D eigenvalue weighted by Crippen LogP contribution is -2.36. The Labute approximate surface area is 209 Å². The number of benzene rings is 1. The van der Waals surface area contributed by atoms with E-state index in [1.54, 1.807) is 35.2 Å². The van der Waals surface area contributed by atoms with Gasteiger partial charge in [-0.1, -0.05) is 17.7 Å². The first-order chi connectivity index (χ1) is 16.9. The van der Waals surface area contributed by atoms with Crippen LogP contribution in [0.5, 0.6) is 0 Å². The summed E-state index contributed by atoms with van der Waals surface area (Å²) < 4.78 is 32.5. The van der Waals surface area contributed by atoms with Crippen molar-refractivity contribution < 1.29 is 22.7 Å². The maximum atomic E-state index is 13.0. The molecule has 1 saturated heterocycles. The molecule has 0 radical (unpaired) electrons. The fourth-order valence-corrected chi connectivity index (χ4v) is 5.20. The molecular formula is C24H30N6O5S. The molecule has 0 unspecified atom stereocenters. The zero-order chi connectivity index (χ0) is 26.1. The van der Waals surface area contributed by atoms with Crippen molar-refractivity contribution in [3.05, 3.63) is 48.3 Å². The smallest absolute Gasteiger partial charge is 0.410 e. The number of carbonyl (C=O) groups is 2. The molecule has 0 aliphatic carbocycles. The van der Waals surface area contributed by atoms with E-state index in [0.717, 1.165) is 9.54 Å². The molecule has 36 heavy (non-hydrogen) atoms. The summed E-state index contributed by atoms with van der Waals surface area (Å²) in [5, 5.41) is 0. The van der Waals surface area contributed by atoms with Crippen LogP contribution < -0.4 is 10.9 Å². The number of hydrogen-bond donors (Lipinski definition) is 2. The van der Waals surface area contributed by atoms with Gasteiger partial charge in [0, 0.05) is 25.7 Å². The first kappa shape index (κ1) is 25.4. The molecule has 1 atom stereocenters. The minimum atomic E-state index is -3.82. The Morgan fingerprint density at radius 2 is 1.89 bits per heavy atom. The van der Waals surface area contributed by atoms with Gasteiger partial charge >= 0.3 is 6.09 Å². The molecule has 0 saturated carbocycles. The van der Waals surface area contributed by atoms with Gasteiger partial charge in [-0.3, -0.25) is 15.6 Å². The van der Waals surface area contributed by atoms with Crippen LogP contribution in [0.15, 0.2) is 47.6 Å². The van der Waals surface area contributed by atoms with Gasteiger partial charge in [-0.25, -0.2) is 27.2 Å². The Morgan fingerprint density at radius 1 is 1.17 bits per heavy atom. The first-order valence-corrected chi connectivity index (χ1v) is 13.1. The summed E-state index contributed by atoms with van der Waals surface area (Å²) in [5.41, 5.74) is 6.24. The van der Waals surface area contributed by atoms with E-state index in [1.807, 2.05) is 27.7 Å². The van der Waals surface area contributed by atoms with E-state index in [4.69, 9.17) is 4.74 Å². The van der Waals surface area contributed by atoms with Gasteiger partial charge in [0.25, 0.3) is 10.0 Å². The molecule has 1 aromatic carbocycles. The number of anilines is 1. The third-order valence-electron chi connectivity index (χ3n) is 5.68. The number of carbonyl (C=O) groups excluding carboxylic acids is 2. The van der Waals surface area contributed by atoms with E-state index >= 15 is 0 Å². The SMILES string of the molecule is Cc1ccc(S(=O)(=O)n2ccc3nc(NNC(=O)C[C@@H]4CCN(C(=O)OC(C)(C)C)C4)cnc32)cc1. The summed E-state index contributed by atoms with van der Waals surface area (Å²) in [6, 6.07) is 8.11. The highest BCUT2D eigenvalue weighted by Gasteiger charge is 2.31. The summed E-state index contributed by atoms with van der Waals surface area (Å²) >= 11 is 0. The summed E-state index contributed by atoms with van der Waals surface area (Å²) in [6.45, 7) is 8.33. The fourth-order valence-electron chi connectivity index (χ4n) is 3.90. The number of hydrogen-bond acceptors (Lipinski definition) is 8. The third kappa shape index (κ3) is 5.76. The number of nitrogens with one attached hydrogen (secondary N) is 2. The number of aromatic nitrogens is 3. The number of amides is 2. The van der Waals surface area contributed by atoms with Crippen LogP contribution in [0.1, 0.15) is 39.2 Å². The van der Waals surface area contributed by atoms with Gasteiger partial charge < -0.3 is 9.64 Å². The lowest BCUT2D eigenvalue weighted by Gasteiger charge is -2.24. The van der Waals surface area contributed by atoms with Crippen molar-refractivity contribution in [3.8, 4) is 0 Å². The molecule has 11 nitrogen and oxygen atoms in total. The average molecular weight is 515 g/mol. The van der Waals surface area contributed by atoms with E-state index in [-0.39, 0.29) is 40.7 Å². The molecule has 2 amide bonds. The summed E-state index contributed by atoms with van der Waals surface area (Å²) in [6.07, 6.45) is 3.32. The van der Waals surface area contributed by atoms with Crippen LogP contribution in [-0.2, 0) is 19.6 Å². The summed E-state index contributed by atoms with van der Waals surface area (Å²) in [7, 11) is -3.82. The molecule has 0 spiro atoms. The normalized spacial score (nSPS) is 16.2. The number of rotatable bonds is 6. The Hall–Kier alpha value is -3.67. The highest BCUT2D eigenvalue weighted by Crippen LogP contribution is 2.23. The second-order valence-electron chi connectivity index (χ2n) is 9.85. The Balaban J connectivity index is 1.35. The lowest BCUT2D eigenvalue weighted by atomic mass is 10.1. The highest BCUT2D eigenvalue weighted by atomic mass is 32.2. The van der Waals surface area contributed by atoms with Gasteiger partial charge in [0.05, 0.1) is 11.1 Å². The van der Waals surface area contributed by atoms with Gasteiger partial charge in [0.1, 0.15) is 11.1 Å². The van der Waals surface area contributed by atoms with Crippen LogP contribution in [0.3, 0.4) is 0 Å². The minimum Gasteiger partial charge on any atom is -0.444 e. The molecule has 1 aliphatic rings. The van der Waals surface area contributed by atoms with Gasteiger partial charge in [0.2, 0.25) is 5.91 Å². The van der Waals surface area contributed by atoms with Crippen LogP contribution in [0.2, 0.25) is 0 Å². The topological polar surface area (TPSA) is 136 Å². The van der Waals surface area contributed by atoms with Crippen LogP contribution in [0.4, 0.5) is 10.6 Å². The number of ether oxygens (including phenoxy) is 1. The van der Waals surface area contributed by atoms with Crippen molar-refractivity contribution in [3.63, 3.8) is 0 Å². The fraction of sp³-hybridized carbons (Fsp3) is 0.417. The number of hydrazine groups is 1. The molecule has 1 aliphatic heterocycles. The van der Waals surface area contributed by atoms with Crippen LogP contribution in [0, 0.1) is 12.8 Å². The van der Waals surface area contributed by atoms with E-state index < -0.39 is 15.6 Å². The number of likely N-dealkylation sites (tertiary alicyclic amines) is 1. The van der Waals surface area contributed by atoms with E-state index in [0.29, 0.717) is 25.0 Å². The Kier molecular flexibility index (Phi) is 6.90. The van der Waals surface area contributed by atoms with Crippen LogP contribution in [-0.4, -0.2) is 57.9 Å². The Bertz CT molecular complexity index is 1380. The third-order valence-corrected chi connectivity index (χ3v) is 7.36. The second-order valence-corrected chi connectivity index (χ2v) is 11.7. The molecular weight excluding hydrogens is 484 g/mol. The van der Waals surface area contributed by atoms with Crippen LogP contribution in [0.25, 0.3) is 11.2 Å². The molecule has 3 heterocycles. The zero-order valence-corrected chi connectivity index (χ0v) is 21.5. The molecule has 12 heteroatoms. The van der Waals surface area contributed by atoms with Crippen molar-refractivity contribution in [2.75, 3.05) is 18.5 Å². The predicted molar refractivity (Wildman–Crippen MR) is 134 cm³/mol. The molecule has 4 rings (SSSR count). The van der Waals surface area contributed by atoms with E-state index in [1.165, 1.54) is 12.4 Å². The van der Waals surface area contributed by atoms with Crippen molar-refractivity contribution in [2.45, 2.75) is 51.0 Å². The predicted octanol–water partition coefficient (Wildman–Crippen LogP) is 3.07. The second kappa shape index (κ2) is 9.76. The number of fused-ring (bicyclic) bond motifs is 1. The van der Waals surface area contributed by atoms with Crippen molar-refractivity contribution in [1.29, 1.82) is 0 Å². The van der Waals surface area contributed by atoms with Crippen LogP contribution >= 0.6 is 0 Å². The Morgan fingerprint density at radius 3 is 2.58 bits per heavy atom. The number of nitrogens with zero attached hydrogens (tertiary/aromatic N) is 4. The van der Waals surface area contributed by atoms with E-state index in [2.05, 4.69) is 20.8 Å². The molecule has 1 fully saturated rings. The molecule has 192 valence electrons. The maximum absolute atomic E-state index is 13.0. The zero-order valence-electron chi connectivity index (χ0n) is 20.7. The molecule has 0 bridgehead atoms. The minimum absolute atomic E-state index is 0.0221. The van der Waals surface area contributed by atoms with Gasteiger partial charge in [-0.2, -0.15) is 0 Å². The first-order valence-electron chi connectivity index (χ1n) is 11.6. The van der Waals surface area contributed by atoms with Gasteiger partial charge in [-0.05, 0) is 58.2 Å². The largest absolute Gasteiger partial charge is 0.444 e. The summed E-state index contributed by atoms with van der Waals surface area (Å²) in [4.78, 5) is 35.0. The van der Waals surface area contributed by atoms with Crippen molar-refractivity contribution >= 4 is 39.0 Å². The van der Waals surface area contributed by atoms with Crippen molar-refractivity contribution in [1.82, 2.24) is 24.3 Å². The molecule has 3 aromatic rings. The van der Waals surface area contributed by atoms with Gasteiger partial charge in [0.15, 0.2) is 11.5 Å². The van der Waals surface area contributed by atoms with Crippen molar-refractivity contribution in [2.24, 2.45) is 5.92 Å². The monoisotopic (exact) mass is 514 g/mol. The standard InChI is InChI=1S/C24H30N6O5S/c1-16-5-7-18(8-6-16)36(33,34)30-12-10-19-22(30)25-14-20(26-19)27-28-21(31)13-17-9-11-29(15-17)23(32)35-24(2,3)4/h5-8,10,12,14,17H,9,11,13,15H2,1-4H3,(H,26,27)(H,28,31)/t17-/m0/s1. The molecule has 2 N–H and O–H groups in total. The molecule has 2 aromatic heterocycles. The summed E-state index contributed by atoms with van der Waals surface area (Å²) in [5.74, 6) is 0.0319. The lowest BCUT2D eigenvalue weighted by molar-refractivity contribution is -0.121.